The van der Waals surface area contributed by atoms with Crippen molar-refractivity contribution in [3.63, 3.8) is 0 Å². The fourth-order valence-corrected chi connectivity index (χ4v) is 8.80. The van der Waals surface area contributed by atoms with Crippen molar-refractivity contribution in [2.75, 3.05) is 0 Å². The summed E-state index contributed by atoms with van der Waals surface area (Å²) in [6.45, 7) is 7.60. The van der Waals surface area contributed by atoms with Gasteiger partial charge in [0.25, 0.3) is 0 Å². The topological polar surface area (TPSA) is 42.9 Å². The molecule has 0 unspecified atom stereocenters. The first-order valence-electron chi connectivity index (χ1n) is 18.3. The molecule has 0 fully saturated rings. The number of aromatic nitrogens is 3. The molecule has 5 heteroatoms. The number of para-hydroxylation sites is 6. The summed E-state index contributed by atoms with van der Waals surface area (Å²) in [4.78, 5) is 3.70. The third kappa shape index (κ3) is 4.39. The Balaban J connectivity index is 1.18. The molecule has 55 heavy (non-hydrogen) atoms. The minimum atomic E-state index is 0.597. The molecule has 0 N–H and O–H groups in total. The Morgan fingerprint density at radius 2 is 0.982 bits per heavy atom. The van der Waals surface area contributed by atoms with Gasteiger partial charge >= 0.3 is 0 Å². The van der Waals surface area contributed by atoms with Crippen LogP contribution in [-0.4, -0.2) is 13.7 Å². The maximum Gasteiger partial charge on any atom is 0.188 e. The zero-order valence-electron chi connectivity index (χ0n) is 29.5. The van der Waals surface area contributed by atoms with Gasteiger partial charge in [0.05, 0.1) is 56.6 Å². The van der Waals surface area contributed by atoms with E-state index in [2.05, 4.69) is 164 Å². The standard InChI is InChI=1S/C50H29N5/c1-52-34-26-29-47-42(30-34)40-16-5-6-19-43(40)53(47)35-27-24-32(25-28-35)36-17-10-12-33(31-51)49(36)55-46-22-9-4-15-39(46)41-18-11-23-48(50(41)55)54-44-20-7-2-13-37(44)38-14-3-8-21-45(38)54/h2-30H. The second-order valence-electron chi connectivity index (χ2n) is 13.9. The summed E-state index contributed by atoms with van der Waals surface area (Å²) in [5.41, 5.74) is 12.6. The molecular weight excluding hydrogens is 671 g/mol. The molecule has 0 spiro atoms. The van der Waals surface area contributed by atoms with Gasteiger partial charge in [-0.15, -0.1) is 0 Å². The van der Waals surface area contributed by atoms with Crippen molar-refractivity contribution < 1.29 is 0 Å². The Bertz CT molecular complexity index is 3400. The van der Waals surface area contributed by atoms with Crippen LogP contribution in [0.1, 0.15) is 5.56 Å². The summed E-state index contributed by atoms with van der Waals surface area (Å²) in [7, 11) is 0. The largest absolute Gasteiger partial charge is 0.309 e. The van der Waals surface area contributed by atoms with Gasteiger partial charge in [0.15, 0.2) is 5.69 Å². The number of nitriles is 1. The number of fused-ring (bicyclic) bond motifs is 9. The molecule has 11 aromatic rings. The van der Waals surface area contributed by atoms with Crippen LogP contribution in [0, 0.1) is 17.9 Å². The molecule has 3 heterocycles. The zero-order valence-corrected chi connectivity index (χ0v) is 29.5. The maximum atomic E-state index is 10.8. The van der Waals surface area contributed by atoms with Crippen molar-refractivity contribution in [2.45, 2.75) is 0 Å². The smallest absolute Gasteiger partial charge is 0.188 e. The van der Waals surface area contributed by atoms with Crippen LogP contribution in [-0.2, 0) is 0 Å². The van der Waals surface area contributed by atoms with E-state index in [-0.39, 0.29) is 0 Å². The monoisotopic (exact) mass is 699 g/mol. The van der Waals surface area contributed by atoms with Crippen LogP contribution >= 0.6 is 0 Å². The number of benzene rings is 8. The molecule has 0 saturated heterocycles. The van der Waals surface area contributed by atoms with E-state index in [1.807, 2.05) is 36.4 Å². The minimum absolute atomic E-state index is 0.597. The highest BCUT2D eigenvalue weighted by molar-refractivity contribution is 6.15. The fraction of sp³-hybridized carbons (Fsp3) is 0. The van der Waals surface area contributed by atoms with Crippen LogP contribution in [0.15, 0.2) is 176 Å². The lowest BCUT2D eigenvalue weighted by Crippen LogP contribution is -2.04. The van der Waals surface area contributed by atoms with Crippen LogP contribution in [0.25, 0.3) is 98.5 Å². The number of hydrogen-bond acceptors (Lipinski definition) is 1. The van der Waals surface area contributed by atoms with E-state index < -0.39 is 0 Å². The van der Waals surface area contributed by atoms with Gasteiger partial charge in [0.1, 0.15) is 6.07 Å². The summed E-state index contributed by atoms with van der Waals surface area (Å²) < 4.78 is 6.95. The average Bonchev–Trinajstić information content (AvgIpc) is 3.89. The molecule has 3 aromatic heterocycles. The van der Waals surface area contributed by atoms with Gasteiger partial charge in [-0.2, -0.15) is 5.26 Å². The lowest BCUT2D eigenvalue weighted by Gasteiger charge is -2.18. The third-order valence-electron chi connectivity index (χ3n) is 11.1. The Labute approximate surface area is 316 Å². The highest BCUT2D eigenvalue weighted by Crippen LogP contribution is 2.43. The van der Waals surface area contributed by atoms with E-state index >= 15 is 0 Å². The van der Waals surface area contributed by atoms with Gasteiger partial charge in [-0.3, -0.25) is 0 Å². The molecule has 0 radical (unpaired) electrons. The van der Waals surface area contributed by atoms with Crippen molar-refractivity contribution in [3.05, 3.63) is 193 Å². The third-order valence-corrected chi connectivity index (χ3v) is 11.1. The molecule has 0 bridgehead atoms. The van der Waals surface area contributed by atoms with Crippen LogP contribution in [0.2, 0.25) is 0 Å². The highest BCUT2D eigenvalue weighted by Gasteiger charge is 2.23. The van der Waals surface area contributed by atoms with E-state index in [1.165, 1.54) is 10.8 Å². The molecule has 11 rings (SSSR count). The quantitative estimate of drug-likeness (QED) is 0.169. The first-order chi connectivity index (χ1) is 27.2. The lowest BCUT2D eigenvalue weighted by molar-refractivity contribution is 1.12. The van der Waals surface area contributed by atoms with Gasteiger partial charge < -0.3 is 13.7 Å². The van der Waals surface area contributed by atoms with Crippen LogP contribution in [0.4, 0.5) is 5.69 Å². The SMILES string of the molecule is [C-]#[N+]c1ccc2c(c1)c1ccccc1n2-c1ccc(-c2cccc(C#N)c2-n2c3ccccc3c3cccc(-n4c5ccccc5c5ccccc54)c32)cc1. The summed E-state index contributed by atoms with van der Waals surface area (Å²) in [5.74, 6) is 0. The van der Waals surface area contributed by atoms with E-state index in [9.17, 15) is 5.26 Å². The van der Waals surface area contributed by atoms with Gasteiger partial charge in [-0.25, -0.2) is 4.85 Å². The van der Waals surface area contributed by atoms with E-state index in [1.54, 1.807) is 0 Å². The number of nitrogens with zero attached hydrogens (tertiary/aromatic N) is 5. The van der Waals surface area contributed by atoms with Gasteiger partial charge in [-0.1, -0.05) is 115 Å². The molecule has 0 aliphatic carbocycles. The Morgan fingerprint density at radius 3 is 1.62 bits per heavy atom. The molecule has 0 saturated carbocycles. The van der Waals surface area contributed by atoms with Gasteiger partial charge in [0, 0.05) is 38.2 Å². The molecule has 5 nitrogen and oxygen atoms in total. The van der Waals surface area contributed by atoms with E-state index in [0.29, 0.717) is 11.3 Å². The second-order valence-corrected chi connectivity index (χ2v) is 13.9. The Morgan fingerprint density at radius 1 is 0.455 bits per heavy atom. The van der Waals surface area contributed by atoms with E-state index in [4.69, 9.17) is 6.57 Å². The van der Waals surface area contributed by atoms with Crippen LogP contribution in [0.5, 0.6) is 0 Å². The summed E-state index contributed by atoms with van der Waals surface area (Å²) in [6, 6.07) is 63.7. The molecule has 0 amide bonds. The lowest BCUT2D eigenvalue weighted by atomic mass is 9.99. The molecule has 0 atom stereocenters. The van der Waals surface area contributed by atoms with Crippen molar-refractivity contribution in [1.29, 1.82) is 5.26 Å². The molecule has 0 aliphatic rings. The summed E-state index contributed by atoms with van der Waals surface area (Å²) >= 11 is 0. The predicted molar refractivity (Wildman–Crippen MR) is 226 cm³/mol. The van der Waals surface area contributed by atoms with Crippen molar-refractivity contribution in [3.8, 4) is 34.3 Å². The molecule has 254 valence electrons. The minimum Gasteiger partial charge on any atom is -0.309 e. The maximum absolute atomic E-state index is 10.8. The first-order valence-corrected chi connectivity index (χ1v) is 18.3. The average molecular weight is 700 g/mol. The highest BCUT2D eigenvalue weighted by atomic mass is 15.1. The molecular formula is C50H29N5. The van der Waals surface area contributed by atoms with Crippen LogP contribution in [0.3, 0.4) is 0 Å². The number of rotatable bonds is 4. The normalized spacial score (nSPS) is 11.6. The summed E-state index contributed by atoms with van der Waals surface area (Å²) in [5, 5.41) is 17.6. The van der Waals surface area contributed by atoms with Gasteiger partial charge in [-0.05, 0) is 71.6 Å². The Kier molecular flexibility index (Phi) is 6.61. The Hall–Kier alpha value is -7.86. The predicted octanol–water partition coefficient (Wildman–Crippen LogP) is 13.1. The molecule has 0 aliphatic heterocycles. The zero-order chi connectivity index (χ0) is 36.6. The summed E-state index contributed by atoms with van der Waals surface area (Å²) in [6.07, 6.45) is 0. The van der Waals surface area contributed by atoms with Crippen LogP contribution < -0.4 is 0 Å². The van der Waals surface area contributed by atoms with Gasteiger partial charge in [0.2, 0.25) is 0 Å². The second kappa shape index (κ2) is 11.8. The fourth-order valence-electron chi connectivity index (χ4n) is 8.80. The van der Waals surface area contributed by atoms with Crippen molar-refractivity contribution >= 4 is 71.1 Å². The van der Waals surface area contributed by atoms with Crippen molar-refractivity contribution in [2.24, 2.45) is 0 Å². The molecule has 8 aromatic carbocycles. The van der Waals surface area contributed by atoms with Crippen molar-refractivity contribution in [1.82, 2.24) is 13.7 Å². The van der Waals surface area contributed by atoms with E-state index in [0.717, 1.165) is 82.8 Å². The first kappa shape index (κ1) is 30.7. The number of hydrogen-bond donors (Lipinski definition) is 0.